The van der Waals surface area contributed by atoms with Crippen LogP contribution in [-0.4, -0.2) is 159 Å². The highest BCUT2D eigenvalue weighted by atomic mass is 16.7. The molecule has 0 aromatic carbocycles. The number of hydrogen-bond acceptors (Lipinski definition) is 11. The van der Waals surface area contributed by atoms with Gasteiger partial charge in [0.15, 0.2) is 12.1 Å². The molecule has 0 unspecified atom stereocenters. The fourth-order valence-corrected chi connectivity index (χ4v) is 7.62. The third-order valence-corrected chi connectivity index (χ3v) is 10.6. The number of aliphatic hydroxyl groups is 1. The van der Waals surface area contributed by atoms with E-state index in [1.165, 1.54) is 0 Å². The van der Waals surface area contributed by atoms with Gasteiger partial charge in [-0.05, 0) is 73.6 Å². The first-order valence-corrected chi connectivity index (χ1v) is 17.2. The van der Waals surface area contributed by atoms with E-state index in [2.05, 4.69) is 35.5 Å². The first-order valence-electron chi connectivity index (χ1n) is 17.2. The Hall–Kier alpha value is -1.18. The molecule has 9 atom stereocenters. The standard InChI is InChI=1S/C34H64N4O7/c1-12-36-14-16-37(17-15-36)21-26-22-43-32(41)33(6,7)29(40)25(5)30(34(8,42-11)19-23(3)20-38(26)13-2)45-31-28(39)27(35(9)10)18-24(4)44-31/h23-28,30-31,39H,12-22H2,1-11H3/t23-,24-,25+,26+,27+,28-,30-,31+,34-/m1/s1. The number of cyclic esters (lactones) is 1. The van der Waals surface area contributed by atoms with E-state index in [9.17, 15) is 14.7 Å². The zero-order valence-electron chi connectivity index (χ0n) is 30.1. The van der Waals surface area contributed by atoms with Crippen LogP contribution >= 0.6 is 0 Å². The minimum Gasteiger partial charge on any atom is -0.463 e. The monoisotopic (exact) mass is 640 g/mol. The van der Waals surface area contributed by atoms with E-state index in [0.29, 0.717) is 12.8 Å². The number of piperazine rings is 1. The van der Waals surface area contributed by atoms with E-state index in [4.69, 9.17) is 18.9 Å². The Morgan fingerprint density at radius 3 is 2.18 bits per heavy atom. The predicted molar refractivity (Wildman–Crippen MR) is 175 cm³/mol. The van der Waals surface area contributed by atoms with Crippen LogP contribution in [0.15, 0.2) is 0 Å². The van der Waals surface area contributed by atoms with Gasteiger partial charge in [0.25, 0.3) is 0 Å². The summed E-state index contributed by atoms with van der Waals surface area (Å²) in [7, 11) is 5.51. The number of aliphatic hydroxyl groups excluding tert-OH is 1. The number of Topliss-reactive ketones (excluding diaryl/α,β-unsaturated/α-hetero) is 1. The van der Waals surface area contributed by atoms with Crippen molar-refractivity contribution < 1.29 is 33.6 Å². The molecule has 0 radical (unpaired) electrons. The number of hydrogen-bond donors (Lipinski definition) is 1. The smallest absolute Gasteiger partial charge is 0.319 e. The lowest BCUT2D eigenvalue weighted by molar-refractivity contribution is -0.295. The summed E-state index contributed by atoms with van der Waals surface area (Å²) in [6.45, 7) is 23.3. The lowest BCUT2D eigenvalue weighted by Gasteiger charge is -2.47. The van der Waals surface area contributed by atoms with E-state index in [1.807, 2.05) is 32.8 Å². The molecule has 0 aromatic rings. The van der Waals surface area contributed by atoms with Crippen LogP contribution in [0.2, 0.25) is 0 Å². The van der Waals surface area contributed by atoms with Gasteiger partial charge in [0.2, 0.25) is 0 Å². The molecule has 3 aliphatic heterocycles. The van der Waals surface area contributed by atoms with Crippen molar-refractivity contribution in [3.8, 4) is 0 Å². The molecule has 3 heterocycles. The molecule has 0 saturated carbocycles. The van der Waals surface area contributed by atoms with Crippen LogP contribution in [-0.2, 0) is 28.5 Å². The SMILES string of the molecule is CCN1CCN(C[C@H]2COC(=O)C(C)(C)C(=O)[C@H](C)[C@@H](O[C@@H]3O[C@H](C)C[C@H](N(C)C)[C@H]3O)[C@](C)(OC)C[C@@H](C)CN2CC)CC1. The van der Waals surface area contributed by atoms with Crippen molar-refractivity contribution in [2.75, 3.05) is 80.2 Å². The van der Waals surface area contributed by atoms with Crippen LogP contribution in [0.3, 0.4) is 0 Å². The van der Waals surface area contributed by atoms with Crippen LogP contribution in [0.4, 0.5) is 0 Å². The number of esters is 1. The molecule has 1 N–H and O–H groups in total. The Bertz CT molecular complexity index is 959. The first-order chi connectivity index (χ1) is 21.1. The molecule has 0 amide bonds. The van der Waals surface area contributed by atoms with Gasteiger partial charge in [-0.2, -0.15) is 0 Å². The minimum absolute atomic E-state index is 0.00487. The molecule has 11 nitrogen and oxygen atoms in total. The average Bonchev–Trinajstić information content (AvgIpc) is 3.00. The van der Waals surface area contributed by atoms with Crippen LogP contribution in [0.1, 0.15) is 68.2 Å². The average molecular weight is 641 g/mol. The highest BCUT2D eigenvalue weighted by Gasteiger charge is 2.51. The summed E-state index contributed by atoms with van der Waals surface area (Å²) in [5, 5.41) is 11.3. The van der Waals surface area contributed by atoms with Gasteiger partial charge < -0.3 is 33.9 Å². The molecule has 0 aromatic heterocycles. The molecule has 262 valence electrons. The van der Waals surface area contributed by atoms with Crippen molar-refractivity contribution >= 4 is 11.8 Å². The third kappa shape index (κ3) is 9.25. The molecule has 0 aliphatic carbocycles. The summed E-state index contributed by atoms with van der Waals surface area (Å²) in [5.74, 6) is -1.39. The fourth-order valence-electron chi connectivity index (χ4n) is 7.62. The first kappa shape index (κ1) is 38.3. The number of ether oxygens (including phenoxy) is 4. The predicted octanol–water partition coefficient (Wildman–Crippen LogP) is 2.35. The molecular formula is C34H64N4O7. The summed E-state index contributed by atoms with van der Waals surface area (Å²) < 4.78 is 25.1. The van der Waals surface area contributed by atoms with Gasteiger partial charge in [-0.1, -0.05) is 27.7 Å². The number of carbonyl (C=O) groups excluding carboxylic acids is 2. The van der Waals surface area contributed by atoms with Crippen LogP contribution in [0.25, 0.3) is 0 Å². The summed E-state index contributed by atoms with van der Waals surface area (Å²) in [6, 6.07) is -0.173. The van der Waals surface area contributed by atoms with Crippen molar-refractivity contribution in [2.24, 2.45) is 17.3 Å². The second-order valence-electron chi connectivity index (χ2n) is 14.8. The molecule has 3 fully saturated rings. The number of methoxy groups -OCH3 is 1. The molecule has 3 saturated heterocycles. The normalized spacial score (nSPS) is 38.8. The van der Waals surface area contributed by atoms with E-state index < -0.39 is 41.4 Å². The summed E-state index contributed by atoms with van der Waals surface area (Å²) in [6.07, 6.45) is -1.55. The van der Waals surface area contributed by atoms with E-state index in [-0.39, 0.29) is 36.5 Å². The van der Waals surface area contributed by atoms with Crippen LogP contribution < -0.4 is 0 Å². The Balaban J connectivity index is 1.96. The maximum absolute atomic E-state index is 14.2. The molecule has 11 heteroatoms. The van der Waals surface area contributed by atoms with Crippen LogP contribution in [0.5, 0.6) is 0 Å². The van der Waals surface area contributed by atoms with Gasteiger partial charge in [0.1, 0.15) is 18.1 Å². The minimum atomic E-state index is -1.41. The molecule has 0 bridgehead atoms. The number of likely N-dealkylation sites (N-methyl/N-ethyl adjacent to an activating group) is 3. The van der Waals surface area contributed by atoms with Gasteiger partial charge in [-0.15, -0.1) is 0 Å². The Morgan fingerprint density at radius 1 is 1.00 bits per heavy atom. The zero-order valence-corrected chi connectivity index (χ0v) is 30.1. The maximum atomic E-state index is 14.2. The van der Waals surface area contributed by atoms with Crippen LogP contribution in [0, 0.1) is 17.3 Å². The van der Waals surface area contributed by atoms with Gasteiger partial charge in [-0.3, -0.25) is 19.4 Å². The molecule has 0 spiro atoms. The van der Waals surface area contributed by atoms with Crippen molar-refractivity contribution in [3.63, 3.8) is 0 Å². The topological polar surface area (TPSA) is 104 Å². The Labute approximate surface area is 272 Å². The van der Waals surface area contributed by atoms with Crippen molar-refractivity contribution in [1.82, 2.24) is 19.6 Å². The molecule has 45 heavy (non-hydrogen) atoms. The second kappa shape index (κ2) is 16.3. The van der Waals surface area contributed by atoms with Gasteiger partial charge >= 0.3 is 5.97 Å². The fraction of sp³-hybridized carbons (Fsp3) is 0.941. The van der Waals surface area contributed by atoms with Gasteiger partial charge in [0.05, 0.1) is 23.9 Å². The van der Waals surface area contributed by atoms with E-state index in [1.54, 1.807) is 27.9 Å². The van der Waals surface area contributed by atoms with Gasteiger partial charge in [0, 0.05) is 58.3 Å². The number of carbonyl (C=O) groups is 2. The summed E-state index contributed by atoms with van der Waals surface area (Å²) >= 11 is 0. The number of ketones is 1. The largest absolute Gasteiger partial charge is 0.463 e. The lowest BCUT2D eigenvalue weighted by Crippen LogP contribution is -2.59. The van der Waals surface area contributed by atoms with E-state index >= 15 is 0 Å². The third-order valence-electron chi connectivity index (χ3n) is 10.6. The van der Waals surface area contributed by atoms with Crippen molar-refractivity contribution in [1.29, 1.82) is 0 Å². The Morgan fingerprint density at radius 2 is 1.62 bits per heavy atom. The number of rotatable bonds is 8. The van der Waals surface area contributed by atoms with Crippen molar-refractivity contribution in [2.45, 2.75) is 111 Å². The highest BCUT2D eigenvalue weighted by molar-refractivity contribution is 6.04. The molecule has 3 aliphatic rings. The quantitative estimate of drug-likeness (QED) is 0.312. The number of nitrogens with zero attached hydrogens (tertiary/aromatic N) is 4. The lowest BCUT2D eigenvalue weighted by atomic mass is 9.74. The van der Waals surface area contributed by atoms with E-state index in [0.717, 1.165) is 52.4 Å². The Kier molecular flexibility index (Phi) is 13.8. The van der Waals surface area contributed by atoms with Gasteiger partial charge in [-0.25, -0.2) is 0 Å². The highest BCUT2D eigenvalue weighted by Crippen LogP contribution is 2.38. The van der Waals surface area contributed by atoms with Crippen molar-refractivity contribution in [3.05, 3.63) is 0 Å². The zero-order chi connectivity index (χ0) is 33.7. The summed E-state index contributed by atoms with van der Waals surface area (Å²) in [4.78, 5) is 37.2. The second-order valence-corrected chi connectivity index (χ2v) is 14.8. The maximum Gasteiger partial charge on any atom is 0.319 e. The molecular weight excluding hydrogens is 576 g/mol. The molecule has 3 rings (SSSR count). The summed E-state index contributed by atoms with van der Waals surface area (Å²) in [5.41, 5.74) is -2.32.